The maximum atomic E-state index is 5.79. The van der Waals surface area contributed by atoms with E-state index in [1.807, 2.05) is 11.8 Å². The van der Waals surface area contributed by atoms with Gasteiger partial charge in [-0.15, -0.1) is 0 Å². The van der Waals surface area contributed by atoms with Crippen LogP contribution in [-0.2, 0) is 0 Å². The van der Waals surface area contributed by atoms with Crippen molar-refractivity contribution in [3.8, 4) is 5.75 Å². The van der Waals surface area contributed by atoms with Gasteiger partial charge in [0.25, 0.3) is 0 Å². The molecular formula is C15H21NOS. The fourth-order valence-corrected chi connectivity index (χ4v) is 3.43. The van der Waals surface area contributed by atoms with Gasteiger partial charge in [-0.25, -0.2) is 0 Å². The lowest BCUT2D eigenvalue weighted by Gasteiger charge is -2.33. The molecule has 1 aromatic rings. The number of thioether (sulfide) groups is 1. The minimum absolute atomic E-state index is 0.444. The molecule has 0 amide bonds. The molecule has 2 nitrogen and oxygen atoms in total. The molecule has 1 N–H and O–H groups in total. The van der Waals surface area contributed by atoms with Crippen molar-refractivity contribution >= 4 is 11.8 Å². The van der Waals surface area contributed by atoms with Gasteiger partial charge in [-0.1, -0.05) is 25.1 Å². The van der Waals surface area contributed by atoms with Crippen LogP contribution in [0.1, 0.15) is 31.4 Å². The molecule has 1 aromatic carbocycles. The zero-order chi connectivity index (χ0) is 12.6. The highest BCUT2D eigenvalue weighted by Gasteiger charge is 2.42. The zero-order valence-electron chi connectivity index (χ0n) is 11.1. The van der Waals surface area contributed by atoms with Gasteiger partial charge < -0.3 is 10.1 Å². The average Bonchev–Trinajstić information content (AvgIpc) is 3.18. The maximum Gasteiger partial charge on any atom is 0.124 e. The Hall–Kier alpha value is -0.670. The quantitative estimate of drug-likeness (QED) is 0.901. The van der Waals surface area contributed by atoms with E-state index in [1.54, 1.807) is 0 Å². The van der Waals surface area contributed by atoms with E-state index in [1.165, 1.54) is 18.4 Å². The van der Waals surface area contributed by atoms with E-state index in [0.717, 1.165) is 18.9 Å². The molecule has 2 atom stereocenters. The Bertz CT molecular complexity index is 430. The number of hydrogen-bond donors (Lipinski definition) is 1. The Labute approximate surface area is 113 Å². The van der Waals surface area contributed by atoms with E-state index >= 15 is 0 Å². The predicted octanol–water partition coefficient (Wildman–Crippen LogP) is 3.24. The smallest absolute Gasteiger partial charge is 0.124 e. The summed E-state index contributed by atoms with van der Waals surface area (Å²) in [5, 5.41) is 3.78. The van der Waals surface area contributed by atoms with Crippen LogP contribution in [0.5, 0.6) is 5.75 Å². The SMILES string of the molecule is CSC1(CNC2c3ccccc3OCC2C)CC1. The number of nitrogens with one attached hydrogen (secondary N) is 1. The summed E-state index contributed by atoms with van der Waals surface area (Å²) in [4.78, 5) is 0. The fourth-order valence-electron chi connectivity index (χ4n) is 2.69. The van der Waals surface area contributed by atoms with Gasteiger partial charge in [0.1, 0.15) is 5.75 Å². The summed E-state index contributed by atoms with van der Waals surface area (Å²) < 4.78 is 6.32. The van der Waals surface area contributed by atoms with Crippen LogP contribution in [0.25, 0.3) is 0 Å². The monoisotopic (exact) mass is 263 g/mol. The number of benzene rings is 1. The minimum Gasteiger partial charge on any atom is -0.493 e. The molecule has 0 aromatic heterocycles. The van der Waals surface area contributed by atoms with Gasteiger partial charge in [0.2, 0.25) is 0 Å². The van der Waals surface area contributed by atoms with Gasteiger partial charge in [-0.05, 0) is 25.2 Å². The molecule has 0 saturated heterocycles. The van der Waals surface area contributed by atoms with Crippen molar-refractivity contribution in [2.24, 2.45) is 5.92 Å². The number of hydrogen-bond acceptors (Lipinski definition) is 3. The van der Waals surface area contributed by atoms with Gasteiger partial charge in [-0.2, -0.15) is 11.8 Å². The summed E-state index contributed by atoms with van der Waals surface area (Å²) in [7, 11) is 0. The highest BCUT2D eigenvalue weighted by atomic mass is 32.2. The molecule has 0 spiro atoms. The molecule has 1 saturated carbocycles. The molecule has 0 radical (unpaired) electrons. The molecule has 98 valence electrons. The summed E-state index contributed by atoms with van der Waals surface area (Å²) in [5.41, 5.74) is 1.33. The molecule has 1 heterocycles. The number of fused-ring (bicyclic) bond motifs is 1. The maximum absolute atomic E-state index is 5.79. The standard InChI is InChI=1S/C15H21NOS/c1-11-9-17-13-6-4-3-5-12(13)14(11)16-10-15(18-2)7-8-15/h3-6,11,14,16H,7-10H2,1-2H3. The van der Waals surface area contributed by atoms with Crippen LogP contribution in [0, 0.1) is 5.92 Å². The Kier molecular flexibility index (Phi) is 3.29. The molecule has 1 aliphatic heterocycles. The Balaban J connectivity index is 1.74. The van der Waals surface area contributed by atoms with Gasteiger partial charge in [0.05, 0.1) is 6.61 Å². The highest BCUT2D eigenvalue weighted by molar-refractivity contribution is 8.00. The predicted molar refractivity (Wildman–Crippen MR) is 77.3 cm³/mol. The molecule has 1 aliphatic carbocycles. The van der Waals surface area contributed by atoms with Crippen molar-refractivity contribution < 1.29 is 4.74 Å². The Morgan fingerprint density at radius 1 is 1.39 bits per heavy atom. The van der Waals surface area contributed by atoms with E-state index in [2.05, 4.69) is 42.8 Å². The highest BCUT2D eigenvalue weighted by Crippen LogP contribution is 2.47. The van der Waals surface area contributed by atoms with E-state index < -0.39 is 0 Å². The Morgan fingerprint density at radius 2 is 2.17 bits per heavy atom. The third-order valence-electron chi connectivity index (χ3n) is 4.21. The van der Waals surface area contributed by atoms with E-state index in [0.29, 0.717) is 16.7 Å². The van der Waals surface area contributed by atoms with Crippen molar-refractivity contribution in [2.75, 3.05) is 19.4 Å². The molecule has 3 rings (SSSR count). The normalized spacial score (nSPS) is 28.3. The van der Waals surface area contributed by atoms with E-state index in [4.69, 9.17) is 4.74 Å². The molecule has 18 heavy (non-hydrogen) atoms. The molecule has 3 heteroatoms. The first-order valence-electron chi connectivity index (χ1n) is 6.74. The van der Waals surface area contributed by atoms with Crippen LogP contribution in [0.2, 0.25) is 0 Å². The molecule has 2 unspecified atom stereocenters. The Morgan fingerprint density at radius 3 is 2.89 bits per heavy atom. The van der Waals surface area contributed by atoms with Crippen LogP contribution in [0.4, 0.5) is 0 Å². The van der Waals surface area contributed by atoms with Crippen LogP contribution in [0.3, 0.4) is 0 Å². The van der Waals surface area contributed by atoms with Crippen LogP contribution >= 0.6 is 11.8 Å². The summed E-state index contributed by atoms with van der Waals surface area (Å²) in [6.45, 7) is 4.21. The van der Waals surface area contributed by atoms with Gasteiger partial charge in [0, 0.05) is 28.8 Å². The lowest BCUT2D eigenvalue weighted by Crippen LogP contribution is -2.37. The average molecular weight is 263 g/mol. The molecule has 2 aliphatic rings. The minimum atomic E-state index is 0.444. The first-order valence-corrected chi connectivity index (χ1v) is 7.97. The first kappa shape index (κ1) is 12.4. The second-order valence-electron chi connectivity index (χ2n) is 5.57. The molecular weight excluding hydrogens is 242 g/mol. The van der Waals surface area contributed by atoms with Crippen LogP contribution in [-0.4, -0.2) is 24.2 Å². The summed E-state index contributed by atoms with van der Waals surface area (Å²) in [6, 6.07) is 8.88. The van der Waals surface area contributed by atoms with Gasteiger partial charge >= 0.3 is 0 Å². The van der Waals surface area contributed by atoms with Gasteiger partial charge in [-0.3, -0.25) is 0 Å². The second kappa shape index (κ2) is 4.78. The van der Waals surface area contributed by atoms with E-state index in [-0.39, 0.29) is 0 Å². The lowest BCUT2D eigenvalue weighted by atomic mass is 9.92. The van der Waals surface area contributed by atoms with Gasteiger partial charge in [0.15, 0.2) is 0 Å². The topological polar surface area (TPSA) is 21.3 Å². The third kappa shape index (κ3) is 2.26. The first-order chi connectivity index (χ1) is 8.74. The van der Waals surface area contributed by atoms with Crippen molar-refractivity contribution in [1.29, 1.82) is 0 Å². The third-order valence-corrected chi connectivity index (χ3v) is 5.63. The van der Waals surface area contributed by atoms with Crippen molar-refractivity contribution in [3.05, 3.63) is 29.8 Å². The van der Waals surface area contributed by atoms with Crippen molar-refractivity contribution in [3.63, 3.8) is 0 Å². The van der Waals surface area contributed by atoms with Crippen LogP contribution < -0.4 is 10.1 Å². The lowest BCUT2D eigenvalue weighted by molar-refractivity contribution is 0.188. The van der Waals surface area contributed by atoms with Crippen molar-refractivity contribution in [2.45, 2.75) is 30.6 Å². The zero-order valence-corrected chi connectivity index (χ0v) is 11.9. The molecule has 0 bridgehead atoms. The number of ether oxygens (including phenoxy) is 1. The summed E-state index contributed by atoms with van der Waals surface area (Å²) >= 11 is 2.02. The van der Waals surface area contributed by atoms with E-state index in [9.17, 15) is 0 Å². The number of para-hydroxylation sites is 1. The fraction of sp³-hybridized carbons (Fsp3) is 0.600. The molecule has 1 fully saturated rings. The van der Waals surface area contributed by atoms with Crippen LogP contribution in [0.15, 0.2) is 24.3 Å². The summed E-state index contributed by atoms with van der Waals surface area (Å²) in [5.74, 6) is 1.60. The largest absolute Gasteiger partial charge is 0.493 e. The second-order valence-corrected chi connectivity index (χ2v) is 6.85. The van der Waals surface area contributed by atoms with Crippen molar-refractivity contribution in [1.82, 2.24) is 5.32 Å². The number of rotatable bonds is 4. The summed E-state index contributed by atoms with van der Waals surface area (Å²) in [6.07, 6.45) is 4.96.